The van der Waals surface area contributed by atoms with Gasteiger partial charge in [-0.05, 0) is 38.9 Å². The summed E-state index contributed by atoms with van der Waals surface area (Å²) in [6, 6.07) is 7.72. The van der Waals surface area contributed by atoms with Crippen LogP contribution in [0.2, 0.25) is 0 Å². The van der Waals surface area contributed by atoms with Gasteiger partial charge in [0.15, 0.2) is 0 Å². The molecule has 1 fully saturated rings. The molecule has 1 N–H and O–H groups in total. The van der Waals surface area contributed by atoms with E-state index in [4.69, 9.17) is 0 Å². The van der Waals surface area contributed by atoms with Gasteiger partial charge in [0.05, 0.1) is 5.56 Å². The zero-order valence-electron chi connectivity index (χ0n) is 14.7. The van der Waals surface area contributed by atoms with Gasteiger partial charge in [-0.1, -0.05) is 24.6 Å². The number of nitrogens with one attached hydrogen (secondary N) is 1. The van der Waals surface area contributed by atoms with Crippen LogP contribution in [-0.2, 0) is 11.3 Å². The van der Waals surface area contributed by atoms with Crippen molar-refractivity contribution in [3.63, 3.8) is 0 Å². The number of aromatic nitrogens is 1. The van der Waals surface area contributed by atoms with Gasteiger partial charge < -0.3 is 14.8 Å². The second kappa shape index (κ2) is 9.02. The minimum atomic E-state index is -0.508. The van der Waals surface area contributed by atoms with Crippen molar-refractivity contribution >= 4 is 35.0 Å². The van der Waals surface area contributed by atoms with Crippen molar-refractivity contribution in [2.45, 2.75) is 32.7 Å². The Kier molecular flexibility index (Phi) is 7.02. The molecule has 0 atom stereocenters. The Morgan fingerprint density at radius 3 is 2.56 bits per heavy atom. The van der Waals surface area contributed by atoms with Crippen LogP contribution >= 0.6 is 12.4 Å². The van der Waals surface area contributed by atoms with E-state index in [1.807, 2.05) is 35.8 Å². The predicted octanol–water partition coefficient (Wildman–Crippen LogP) is 2.87. The van der Waals surface area contributed by atoms with E-state index in [0.29, 0.717) is 12.1 Å². The largest absolute Gasteiger partial charge is 0.348 e. The number of halogens is 1. The van der Waals surface area contributed by atoms with Gasteiger partial charge >= 0.3 is 0 Å². The van der Waals surface area contributed by atoms with E-state index < -0.39 is 11.7 Å². The monoisotopic (exact) mass is 363 g/mol. The molecular weight excluding hydrogens is 338 g/mol. The minimum Gasteiger partial charge on any atom is -0.348 e. The lowest BCUT2D eigenvalue weighted by atomic mass is 10.1. The van der Waals surface area contributed by atoms with Crippen LogP contribution in [0.3, 0.4) is 0 Å². The number of amides is 1. The van der Waals surface area contributed by atoms with Gasteiger partial charge in [0.1, 0.15) is 0 Å². The van der Waals surface area contributed by atoms with E-state index >= 15 is 0 Å². The molecule has 1 aromatic heterocycles. The molecule has 0 radical (unpaired) electrons. The van der Waals surface area contributed by atoms with Crippen LogP contribution in [0.15, 0.2) is 30.5 Å². The number of fused-ring (bicyclic) bond motifs is 1. The summed E-state index contributed by atoms with van der Waals surface area (Å²) in [7, 11) is 0. The van der Waals surface area contributed by atoms with Crippen LogP contribution in [-0.4, -0.2) is 47.3 Å². The number of para-hydroxylation sites is 1. The average Bonchev–Trinajstić information content (AvgIpc) is 3.00. The molecule has 0 saturated carbocycles. The van der Waals surface area contributed by atoms with Crippen LogP contribution in [0.25, 0.3) is 10.9 Å². The first-order chi connectivity index (χ1) is 11.7. The predicted molar refractivity (Wildman–Crippen MR) is 102 cm³/mol. The third kappa shape index (κ3) is 4.41. The molecule has 3 rings (SSSR count). The molecule has 1 amide bonds. The molecular formula is C19H26ClN3O2. The number of hydrogen-bond donors (Lipinski definition) is 1. The van der Waals surface area contributed by atoms with Gasteiger partial charge in [0.2, 0.25) is 0 Å². The lowest BCUT2D eigenvalue weighted by molar-refractivity contribution is -0.117. The van der Waals surface area contributed by atoms with E-state index in [0.717, 1.165) is 37.1 Å². The Bertz CT molecular complexity index is 735. The molecule has 2 aromatic rings. The molecule has 1 saturated heterocycles. The first-order valence-corrected chi connectivity index (χ1v) is 8.83. The highest BCUT2D eigenvalue weighted by molar-refractivity contribution is 6.45. The highest BCUT2D eigenvalue weighted by Crippen LogP contribution is 2.21. The van der Waals surface area contributed by atoms with E-state index in [1.54, 1.807) is 6.20 Å². The third-order valence-electron chi connectivity index (χ3n) is 4.74. The summed E-state index contributed by atoms with van der Waals surface area (Å²) in [5.41, 5.74) is 1.48. The van der Waals surface area contributed by atoms with Crippen LogP contribution in [0, 0.1) is 0 Å². The summed E-state index contributed by atoms with van der Waals surface area (Å²) in [4.78, 5) is 27.1. The summed E-state index contributed by atoms with van der Waals surface area (Å²) >= 11 is 0. The molecule has 136 valence electrons. The van der Waals surface area contributed by atoms with Crippen molar-refractivity contribution < 1.29 is 9.59 Å². The Morgan fingerprint density at radius 1 is 1.12 bits per heavy atom. The zero-order valence-corrected chi connectivity index (χ0v) is 15.5. The van der Waals surface area contributed by atoms with Crippen molar-refractivity contribution in [1.29, 1.82) is 0 Å². The molecule has 6 heteroatoms. The van der Waals surface area contributed by atoms with Crippen LogP contribution in [0.4, 0.5) is 0 Å². The van der Waals surface area contributed by atoms with Crippen molar-refractivity contribution in [3.8, 4) is 0 Å². The van der Waals surface area contributed by atoms with Gasteiger partial charge in [-0.25, -0.2) is 0 Å². The van der Waals surface area contributed by atoms with Crippen molar-refractivity contribution in [2.75, 3.05) is 26.2 Å². The highest BCUT2D eigenvalue weighted by atomic mass is 35.5. The van der Waals surface area contributed by atoms with Gasteiger partial charge in [-0.2, -0.15) is 0 Å². The number of rotatable bonds is 6. The molecule has 25 heavy (non-hydrogen) atoms. The summed E-state index contributed by atoms with van der Waals surface area (Å²) in [6.45, 7) is 6.32. The van der Waals surface area contributed by atoms with E-state index in [-0.39, 0.29) is 12.4 Å². The SMILES string of the molecule is CCn1cc(C(=O)C(=O)NCCN2CCCCC2)c2ccccc21.Cl. The van der Waals surface area contributed by atoms with Gasteiger partial charge in [0.25, 0.3) is 11.7 Å². The summed E-state index contributed by atoms with van der Waals surface area (Å²) < 4.78 is 2.00. The molecule has 0 unspecified atom stereocenters. The number of benzene rings is 1. The first-order valence-electron chi connectivity index (χ1n) is 8.83. The lowest BCUT2D eigenvalue weighted by Crippen LogP contribution is -2.39. The second-order valence-electron chi connectivity index (χ2n) is 6.33. The Labute approximate surface area is 154 Å². The van der Waals surface area contributed by atoms with E-state index in [2.05, 4.69) is 10.2 Å². The second-order valence-corrected chi connectivity index (χ2v) is 6.33. The molecule has 2 heterocycles. The topological polar surface area (TPSA) is 54.3 Å². The van der Waals surface area contributed by atoms with Crippen LogP contribution in [0.5, 0.6) is 0 Å². The fourth-order valence-corrected chi connectivity index (χ4v) is 3.40. The molecule has 1 aliphatic rings. The number of carbonyl (C=O) groups excluding carboxylic acids is 2. The number of ketones is 1. The maximum atomic E-state index is 12.5. The molecule has 0 aliphatic carbocycles. The standard InChI is InChI=1S/C19H25N3O2.ClH/c1-2-22-14-16(15-8-4-5-9-17(15)22)18(23)19(24)20-10-13-21-11-6-3-7-12-21;/h4-5,8-9,14H,2-3,6-7,10-13H2,1H3,(H,20,24);1H. The van der Waals surface area contributed by atoms with Crippen molar-refractivity contribution in [1.82, 2.24) is 14.8 Å². The number of likely N-dealkylation sites (tertiary alicyclic amines) is 1. The average molecular weight is 364 g/mol. The number of aryl methyl sites for hydroxylation is 1. The first kappa shape index (κ1) is 19.5. The van der Waals surface area contributed by atoms with Gasteiger partial charge in [-0.15, -0.1) is 12.4 Å². The lowest BCUT2D eigenvalue weighted by Gasteiger charge is -2.26. The molecule has 5 nitrogen and oxygen atoms in total. The smallest absolute Gasteiger partial charge is 0.292 e. The molecule has 0 spiro atoms. The molecule has 1 aromatic carbocycles. The maximum absolute atomic E-state index is 12.5. The minimum absolute atomic E-state index is 0. The third-order valence-corrected chi connectivity index (χ3v) is 4.74. The Hall–Kier alpha value is -1.85. The number of hydrogen-bond acceptors (Lipinski definition) is 3. The Balaban J connectivity index is 0.00000225. The van der Waals surface area contributed by atoms with E-state index in [1.165, 1.54) is 19.3 Å². The fourth-order valence-electron chi connectivity index (χ4n) is 3.40. The molecule has 0 bridgehead atoms. The Morgan fingerprint density at radius 2 is 1.84 bits per heavy atom. The summed E-state index contributed by atoms with van der Waals surface area (Å²) in [6.07, 6.45) is 5.53. The normalized spacial score (nSPS) is 14.9. The quantitative estimate of drug-likeness (QED) is 0.634. The number of piperidine rings is 1. The number of nitrogens with zero attached hydrogens (tertiary/aromatic N) is 2. The van der Waals surface area contributed by atoms with Crippen molar-refractivity contribution in [2.24, 2.45) is 0 Å². The highest BCUT2D eigenvalue weighted by Gasteiger charge is 2.21. The molecule has 1 aliphatic heterocycles. The van der Waals surface area contributed by atoms with Crippen LogP contribution < -0.4 is 5.32 Å². The zero-order chi connectivity index (χ0) is 16.9. The van der Waals surface area contributed by atoms with Gasteiger partial charge in [-0.3, -0.25) is 9.59 Å². The fraction of sp³-hybridized carbons (Fsp3) is 0.474. The van der Waals surface area contributed by atoms with Gasteiger partial charge in [0, 0.05) is 36.7 Å². The van der Waals surface area contributed by atoms with Crippen LogP contribution in [0.1, 0.15) is 36.5 Å². The number of Topliss-reactive ketones (excluding diaryl/α,β-unsaturated/α-hetero) is 1. The van der Waals surface area contributed by atoms with E-state index in [9.17, 15) is 9.59 Å². The summed E-state index contributed by atoms with van der Waals surface area (Å²) in [5, 5.41) is 3.62. The maximum Gasteiger partial charge on any atom is 0.292 e. The number of carbonyl (C=O) groups is 2. The van der Waals surface area contributed by atoms with Crippen molar-refractivity contribution in [3.05, 3.63) is 36.0 Å². The summed E-state index contributed by atoms with van der Waals surface area (Å²) in [5.74, 6) is -0.956.